The van der Waals surface area contributed by atoms with Crippen molar-refractivity contribution in [3.8, 4) is 0 Å². The zero-order valence-corrected chi connectivity index (χ0v) is 13.5. The maximum Gasteiger partial charge on any atom is 0.414 e. The molecule has 0 atom stereocenters. The quantitative estimate of drug-likeness (QED) is 0.765. The van der Waals surface area contributed by atoms with Crippen molar-refractivity contribution in [3.63, 3.8) is 0 Å². The summed E-state index contributed by atoms with van der Waals surface area (Å²) < 4.78 is 24.3. The molecule has 1 aliphatic heterocycles. The van der Waals surface area contributed by atoms with Crippen molar-refractivity contribution >= 4 is 34.9 Å². The second-order valence-corrected chi connectivity index (χ2v) is 5.23. The van der Waals surface area contributed by atoms with Crippen LogP contribution in [0.1, 0.15) is 0 Å². The number of ether oxygens (including phenoxy) is 2. The lowest BCUT2D eigenvalue weighted by Crippen LogP contribution is -2.37. The van der Waals surface area contributed by atoms with Gasteiger partial charge < -0.3 is 14.4 Å². The Bertz CT molecular complexity index is 579. The maximum atomic E-state index is 14.4. The molecule has 1 aliphatic rings. The van der Waals surface area contributed by atoms with Gasteiger partial charge in [-0.1, -0.05) is 0 Å². The van der Waals surface area contributed by atoms with Gasteiger partial charge in [0.15, 0.2) is 5.78 Å². The van der Waals surface area contributed by atoms with Crippen molar-refractivity contribution in [1.29, 1.82) is 0 Å². The average Bonchev–Trinajstić information content (AvgIpc) is 2.59. The lowest BCUT2D eigenvalue weighted by Gasteiger charge is -2.29. The number of carbonyl (C=O) groups excluding carboxylic acids is 2. The number of alkyl halides is 1. The van der Waals surface area contributed by atoms with Crippen LogP contribution in [-0.2, 0) is 14.3 Å². The molecule has 0 spiro atoms. The molecule has 6 nitrogen and oxygen atoms in total. The topological polar surface area (TPSA) is 59.1 Å². The van der Waals surface area contributed by atoms with Gasteiger partial charge in [0, 0.05) is 13.1 Å². The van der Waals surface area contributed by atoms with Crippen LogP contribution in [0.4, 0.5) is 20.6 Å². The van der Waals surface area contributed by atoms with Gasteiger partial charge in [-0.15, -0.1) is 11.6 Å². The summed E-state index contributed by atoms with van der Waals surface area (Å²) in [4.78, 5) is 26.3. The second-order valence-electron chi connectivity index (χ2n) is 4.96. The molecule has 1 heterocycles. The summed E-state index contributed by atoms with van der Waals surface area (Å²) in [6.45, 7) is 2.01. The van der Waals surface area contributed by atoms with Crippen LogP contribution in [0.25, 0.3) is 0 Å². The number of amides is 1. The number of carbonyl (C=O) groups is 2. The molecule has 1 aromatic carbocycles. The molecular formula is C15H18ClFN2O4. The van der Waals surface area contributed by atoms with Gasteiger partial charge in [-0.05, 0) is 18.2 Å². The average molecular weight is 345 g/mol. The van der Waals surface area contributed by atoms with E-state index in [1.54, 1.807) is 12.1 Å². The van der Waals surface area contributed by atoms with Gasteiger partial charge in [0.05, 0.1) is 44.1 Å². The van der Waals surface area contributed by atoms with Gasteiger partial charge in [-0.25, -0.2) is 9.18 Å². The van der Waals surface area contributed by atoms with Crippen LogP contribution >= 0.6 is 11.6 Å². The molecule has 1 amide bonds. The standard InChI is InChI=1S/C15H18ClFN2O4/c1-22-15(21)19(10-12(20)9-16)11-2-3-14(13(17)8-11)18-4-6-23-7-5-18/h2-3,8H,4-7,9-10H2,1H3. The van der Waals surface area contributed by atoms with Crippen molar-refractivity contribution < 1.29 is 23.5 Å². The number of Topliss-reactive ketones (excluding diaryl/α,β-unsaturated/α-hetero) is 1. The Morgan fingerprint density at radius 2 is 2.09 bits per heavy atom. The van der Waals surface area contributed by atoms with Crippen LogP contribution in [0.3, 0.4) is 0 Å². The number of hydrogen-bond donors (Lipinski definition) is 0. The minimum Gasteiger partial charge on any atom is -0.452 e. The fourth-order valence-corrected chi connectivity index (χ4v) is 2.40. The summed E-state index contributed by atoms with van der Waals surface area (Å²) in [5, 5.41) is 0. The Morgan fingerprint density at radius 1 is 1.39 bits per heavy atom. The van der Waals surface area contributed by atoms with E-state index in [2.05, 4.69) is 4.74 Å². The van der Waals surface area contributed by atoms with Gasteiger partial charge in [-0.3, -0.25) is 9.69 Å². The predicted octanol–water partition coefficient (Wildman–Crippen LogP) is 2.04. The zero-order chi connectivity index (χ0) is 16.8. The summed E-state index contributed by atoms with van der Waals surface area (Å²) >= 11 is 5.47. The highest BCUT2D eigenvalue weighted by molar-refractivity contribution is 6.28. The number of halogens is 2. The van der Waals surface area contributed by atoms with Gasteiger partial charge in [0.1, 0.15) is 5.82 Å². The van der Waals surface area contributed by atoms with E-state index in [0.29, 0.717) is 32.0 Å². The molecule has 0 aliphatic carbocycles. The number of ketones is 1. The van der Waals surface area contributed by atoms with E-state index in [1.807, 2.05) is 4.90 Å². The Kier molecular flexibility index (Phi) is 6.18. The van der Waals surface area contributed by atoms with Crippen LogP contribution in [-0.4, -0.2) is 57.7 Å². The van der Waals surface area contributed by atoms with Crippen molar-refractivity contribution in [2.45, 2.75) is 0 Å². The first-order valence-corrected chi connectivity index (χ1v) is 7.65. The minimum atomic E-state index is -0.748. The van der Waals surface area contributed by atoms with E-state index >= 15 is 0 Å². The van der Waals surface area contributed by atoms with Gasteiger partial charge in [-0.2, -0.15) is 0 Å². The van der Waals surface area contributed by atoms with Crippen molar-refractivity contribution in [1.82, 2.24) is 0 Å². The van der Waals surface area contributed by atoms with E-state index < -0.39 is 11.9 Å². The highest BCUT2D eigenvalue weighted by atomic mass is 35.5. The summed E-state index contributed by atoms with van der Waals surface area (Å²) in [6, 6.07) is 4.37. The molecule has 1 aromatic rings. The van der Waals surface area contributed by atoms with Gasteiger partial charge in [0.25, 0.3) is 0 Å². The monoisotopic (exact) mass is 344 g/mol. The fourth-order valence-electron chi connectivity index (χ4n) is 2.31. The first-order valence-electron chi connectivity index (χ1n) is 7.12. The van der Waals surface area contributed by atoms with Crippen LogP contribution in [0.2, 0.25) is 0 Å². The van der Waals surface area contributed by atoms with E-state index in [-0.39, 0.29) is 23.9 Å². The molecular weight excluding hydrogens is 327 g/mol. The van der Waals surface area contributed by atoms with E-state index in [9.17, 15) is 14.0 Å². The largest absolute Gasteiger partial charge is 0.452 e. The number of methoxy groups -OCH3 is 1. The predicted molar refractivity (Wildman–Crippen MR) is 84.9 cm³/mol. The molecule has 23 heavy (non-hydrogen) atoms. The van der Waals surface area contributed by atoms with Gasteiger partial charge >= 0.3 is 6.09 Å². The number of morpholine rings is 1. The molecule has 126 valence electrons. The number of anilines is 2. The summed E-state index contributed by atoms with van der Waals surface area (Å²) in [5.41, 5.74) is 0.676. The van der Waals surface area contributed by atoms with Crippen LogP contribution in [0.5, 0.6) is 0 Å². The second kappa shape index (κ2) is 8.12. The Balaban J connectivity index is 2.24. The highest BCUT2D eigenvalue weighted by Gasteiger charge is 2.22. The van der Waals surface area contributed by atoms with E-state index in [1.165, 1.54) is 13.2 Å². The van der Waals surface area contributed by atoms with Crippen molar-refractivity contribution in [2.75, 3.05) is 55.6 Å². The first-order chi connectivity index (χ1) is 11.1. The summed E-state index contributed by atoms with van der Waals surface area (Å²) in [6.07, 6.45) is -0.748. The zero-order valence-electron chi connectivity index (χ0n) is 12.8. The number of nitrogens with zero attached hydrogens (tertiary/aromatic N) is 2. The third-order valence-electron chi connectivity index (χ3n) is 3.47. The molecule has 2 rings (SSSR count). The SMILES string of the molecule is COC(=O)N(CC(=O)CCl)c1ccc(N2CCOCC2)c(F)c1. The number of rotatable bonds is 5. The molecule has 0 aromatic heterocycles. The van der Waals surface area contributed by atoms with Crippen molar-refractivity contribution in [3.05, 3.63) is 24.0 Å². The minimum absolute atomic E-state index is 0.234. The normalized spacial score (nSPS) is 14.5. The lowest BCUT2D eigenvalue weighted by molar-refractivity contribution is -0.115. The van der Waals surface area contributed by atoms with Crippen LogP contribution < -0.4 is 9.80 Å². The number of hydrogen-bond acceptors (Lipinski definition) is 5. The molecule has 8 heteroatoms. The maximum absolute atomic E-state index is 14.4. The first kappa shape index (κ1) is 17.5. The molecule has 1 fully saturated rings. The molecule has 0 N–H and O–H groups in total. The molecule has 0 unspecified atom stereocenters. The third kappa shape index (κ3) is 4.33. The Morgan fingerprint density at radius 3 is 2.65 bits per heavy atom. The summed E-state index contributed by atoms with van der Waals surface area (Å²) in [7, 11) is 1.19. The molecule has 0 bridgehead atoms. The molecule has 0 saturated carbocycles. The fraction of sp³-hybridized carbons (Fsp3) is 0.467. The van der Waals surface area contributed by atoms with Crippen LogP contribution in [0.15, 0.2) is 18.2 Å². The third-order valence-corrected chi connectivity index (χ3v) is 3.77. The molecule has 0 radical (unpaired) electrons. The van der Waals surface area contributed by atoms with E-state index in [4.69, 9.17) is 16.3 Å². The Labute approximate surface area is 138 Å². The Hall–Kier alpha value is -1.86. The van der Waals surface area contributed by atoms with Crippen LogP contribution in [0, 0.1) is 5.82 Å². The van der Waals surface area contributed by atoms with Gasteiger partial charge in [0.2, 0.25) is 0 Å². The highest BCUT2D eigenvalue weighted by Crippen LogP contribution is 2.26. The summed E-state index contributed by atoms with van der Waals surface area (Å²) in [5.74, 6) is -1.08. The number of benzene rings is 1. The smallest absolute Gasteiger partial charge is 0.414 e. The van der Waals surface area contributed by atoms with Crippen molar-refractivity contribution in [2.24, 2.45) is 0 Å². The van der Waals surface area contributed by atoms with E-state index in [0.717, 1.165) is 4.90 Å². The lowest BCUT2D eigenvalue weighted by atomic mass is 10.2. The molecule has 1 saturated heterocycles.